The molecule has 0 amide bonds. The quantitative estimate of drug-likeness (QED) is 0.513. The summed E-state index contributed by atoms with van der Waals surface area (Å²) in [5, 5.41) is 21.4. The number of epoxide rings is 1. The van der Waals surface area contributed by atoms with Crippen LogP contribution in [-0.4, -0.2) is 40.4 Å². The third-order valence-corrected chi connectivity index (χ3v) is 6.57. The maximum atomic E-state index is 10.7. The van der Waals surface area contributed by atoms with Crippen molar-refractivity contribution in [1.29, 1.82) is 0 Å². The van der Waals surface area contributed by atoms with Crippen molar-refractivity contribution in [2.75, 3.05) is 6.61 Å². The van der Waals surface area contributed by atoms with E-state index in [0.717, 1.165) is 12.8 Å². The van der Waals surface area contributed by atoms with Crippen LogP contribution in [-0.2, 0) is 9.47 Å². The van der Waals surface area contributed by atoms with Crippen molar-refractivity contribution < 1.29 is 19.7 Å². The monoisotopic (exact) mass is 266 g/mol. The minimum atomic E-state index is -1.45. The molecular formula is C15H22O4. The average molecular weight is 266 g/mol. The minimum Gasteiger partial charge on any atom is -0.387 e. The topological polar surface area (TPSA) is 62.2 Å². The third-order valence-electron chi connectivity index (χ3n) is 6.57. The Labute approximate surface area is 113 Å². The molecule has 1 spiro atoms. The number of aliphatic hydroxyl groups excluding tert-OH is 1. The van der Waals surface area contributed by atoms with Crippen molar-refractivity contribution in [3.63, 3.8) is 0 Å². The molecule has 0 aromatic rings. The molecule has 2 heterocycles. The van der Waals surface area contributed by atoms with E-state index in [9.17, 15) is 10.2 Å². The predicted molar refractivity (Wildman–Crippen MR) is 68.3 cm³/mol. The molecular weight excluding hydrogens is 244 g/mol. The van der Waals surface area contributed by atoms with Gasteiger partial charge in [-0.1, -0.05) is 25.5 Å². The Balaban J connectivity index is 1.91. The van der Waals surface area contributed by atoms with E-state index in [-0.39, 0.29) is 11.5 Å². The number of allylic oxidation sites excluding steroid dienone is 1. The molecule has 3 fully saturated rings. The maximum absolute atomic E-state index is 10.7. The Hall–Kier alpha value is -0.420. The highest BCUT2D eigenvalue weighted by Gasteiger charge is 2.83. The van der Waals surface area contributed by atoms with Crippen LogP contribution >= 0.6 is 0 Å². The first-order valence-corrected chi connectivity index (χ1v) is 7.17. The second kappa shape index (κ2) is 3.08. The number of rotatable bonds is 0. The number of hydrogen-bond acceptors (Lipinski definition) is 4. The first-order chi connectivity index (χ1) is 8.78. The molecule has 2 N–H and O–H groups in total. The normalized spacial score (nSPS) is 62.9. The van der Waals surface area contributed by atoms with Crippen LogP contribution in [0.2, 0.25) is 0 Å². The van der Waals surface area contributed by atoms with E-state index >= 15 is 0 Å². The molecule has 19 heavy (non-hydrogen) atoms. The summed E-state index contributed by atoms with van der Waals surface area (Å²) in [7, 11) is 0. The van der Waals surface area contributed by atoms with E-state index in [0.29, 0.717) is 13.0 Å². The van der Waals surface area contributed by atoms with Gasteiger partial charge in [0.25, 0.3) is 0 Å². The molecule has 2 saturated heterocycles. The second-order valence-corrected chi connectivity index (χ2v) is 7.38. The van der Waals surface area contributed by atoms with E-state index in [1.54, 1.807) is 0 Å². The lowest BCUT2D eigenvalue weighted by Crippen LogP contribution is -2.65. The number of ether oxygens (including phenoxy) is 2. The van der Waals surface area contributed by atoms with Crippen LogP contribution in [0.5, 0.6) is 0 Å². The second-order valence-electron chi connectivity index (χ2n) is 7.38. The van der Waals surface area contributed by atoms with Crippen LogP contribution in [0.4, 0.5) is 0 Å². The smallest absolute Gasteiger partial charge is 0.196 e. The summed E-state index contributed by atoms with van der Waals surface area (Å²) in [5.74, 6) is -1.45. The SMILES string of the molecule is CC1=C[C@@H]2O[C@@]3(O)C[C@@]4(CO4)[C@](C)(C3O)[C@@]2(C)CC1. The molecule has 0 aromatic heterocycles. The van der Waals surface area contributed by atoms with Gasteiger partial charge in [0.05, 0.1) is 12.7 Å². The zero-order valence-electron chi connectivity index (χ0n) is 11.8. The Morgan fingerprint density at radius 1 is 1.37 bits per heavy atom. The van der Waals surface area contributed by atoms with Crippen molar-refractivity contribution in [1.82, 2.24) is 0 Å². The van der Waals surface area contributed by atoms with Gasteiger partial charge in [0, 0.05) is 17.3 Å². The number of aliphatic hydroxyl groups is 2. The molecule has 2 bridgehead atoms. The lowest BCUT2D eigenvalue weighted by Gasteiger charge is -2.58. The summed E-state index contributed by atoms with van der Waals surface area (Å²) in [6.07, 6.45) is 3.48. The van der Waals surface area contributed by atoms with Crippen molar-refractivity contribution in [2.45, 2.75) is 63.6 Å². The van der Waals surface area contributed by atoms with Crippen LogP contribution in [0, 0.1) is 10.8 Å². The summed E-state index contributed by atoms with van der Waals surface area (Å²) >= 11 is 0. The summed E-state index contributed by atoms with van der Waals surface area (Å²) in [6, 6.07) is 0. The van der Waals surface area contributed by atoms with E-state index in [2.05, 4.69) is 26.8 Å². The summed E-state index contributed by atoms with van der Waals surface area (Å²) in [5.41, 5.74) is 0.264. The highest BCUT2D eigenvalue weighted by molar-refractivity contribution is 5.31. The van der Waals surface area contributed by atoms with Crippen LogP contribution in [0.3, 0.4) is 0 Å². The van der Waals surface area contributed by atoms with Gasteiger partial charge >= 0.3 is 0 Å². The molecule has 1 saturated carbocycles. The van der Waals surface area contributed by atoms with E-state index < -0.39 is 22.9 Å². The summed E-state index contributed by atoms with van der Waals surface area (Å²) in [6.45, 7) is 6.98. The molecule has 0 aromatic carbocycles. The van der Waals surface area contributed by atoms with Crippen molar-refractivity contribution in [3.05, 3.63) is 11.6 Å². The largest absolute Gasteiger partial charge is 0.387 e. The van der Waals surface area contributed by atoms with Crippen molar-refractivity contribution in [3.8, 4) is 0 Å². The molecule has 4 aliphatic rings. The Kier molecular flexibility index (Phi) is 2.00. The first kappa shape index (κ1) is 12.3. The summed E-state index contributed by atoms with van der Waals surface area (Å²) in [4.78, 5) is 0. The van der Waals surface area contributed by atoms with Gasteiger partial charge in [-0.15, -0.1) is 0 Å². The fourth-order valence-corrected chi connectivity index (χ4v) is 4.88. The minimum absolute atomic E-state index is 0.136. The predicted octanol–water partition coefficient (Wildman–Crippen LogP) is 1.36. The van der Waals surface area contributed by atoms with Gasteiger partial charge in [0.15, 0.2) is 5.79 Å². The molecule has 4 rings (SSSR count). The van der Waals surface area contributed by atoms with Gasteiger partial charge in [-0.3, -0.25) is 0 Å². The summed E-state index contributed by atoms with van der Waals surface area (Å²) < 4.78 is 11.7. The fourth-order valence-electron chi connectivity index (χ4n) is 4.88. The van der Waals surface area contributed by atoms with Crippen LogP contribution in [0.25, 0.3) is 0 Å². The van der Waals surface area contributed by atoms with Crippen molar-refractivity contribution >= 4 is 0 Å². The zero-order valence-corrected chi connectivity index (χ0v) is 11.8. The standard InChI is InChI=1S/C15H22O4/c1-9-4-5-12(2)10(6-9)19-15(17)7-14(8-18-14)13(12,3)11(15)16/h6,10-11,16-17H,4-5,7-8H2,1-3H3/t10-,11?,12-,13+,14+,15-/m0/s1. The Morgan fingerprint density at radius 3 is 2.68 bits per heavy atom. The molecule has 0 radical (unpaired) electrons. The molecule has 106 valence electrons. The molecule has 4 heteroatoms. The fraction of sp³-hybridized carbons (Fsp3) is 0.867. The number of hydrogen-bond donors (Lipinski definition) is 2. The molecule has 2 aliphatic carbocycles. The molecule has 2 aliphatic heterocycles. The van der Waals surface area contributed by atoms with Gasteiger partial charge < -0.3 is 19.7 Å². The highest BCUT2D eigenvalue weighted by atomic mass is 16.7. The first-order valence-electron chi connectivity index (χ1n) is 7.17. The Morgan fingerprint density at radius 2 is 2.05 bits per heavy atom. The Bertz CT molecular complexity index is 483. The van der Waals surface area contributed by atoms with Gasteiger partial charge in [-0.25, -0.2) is 0 Å². The van der Waals surface area contributed by atoms with Crippen molar-refractivity contribution in [2.24, 2.45) is 10.8 Å². The van der Waals surface area contributed by atoms with E-state index in [1.165, 1.54) is 5.57 Å². The zero-order chi connectivity index (χ0) is 13.7. The third kappa shape index (κ3) is 1.13. The van der Waals surface area contributed by atoms with Crippen LogP contribution < -0.4 is 0 Å². The van der Waals surface area contributed by atoms with Crippen LogP contribution in [0.15, 0.2) is 11.6 Å². The van der Waals surface area contributed by atoms with E-state index in [4.69, 9.17) is 9.47 Å². The van der Waals surface area contributed by atoms with Gasteiger partial charge in [0.1, 0.15) is 11.7 Å². The highest BCUT2D eigenvalue weighted by Crippen LogP contribution is 2.72. The van der Waals surface area contributed by atoms with Gasteiger partial charge in [-0.2, -0.15) is 0 Å². The molecule has 6 atom stereocenters. The average Bonchev–Trinajstić information content (AvgIpc) is 3.09. The lowest BCUT2D eigenvalue weighted by molar-refractivity contribution is -0.333. The molecule has 1 unspecified atom stereocenters. The van der Waals surface area contributed by atoms with Gasteiger partial charge in [0.2, 0.25) is 0 Å². The van der Waals surface area contributed by atoms with E-state index in [1.807, 2.05) is 0 Å². The van der Waals surface area contributed by atoms with Gasteiger partial charge in [-0.05, 0) is 19.8 Å². The lowest BCUT2D eigenvalue weighted by atomic mass is 9.52. The maximum Gasteiger partial charge on any atom is 0.196 e. The molecule has 4 nitrogen and oxygen atoms in total. The number of fused-ring (bicyclic) bond motifs is 5. The van der Waals surface area contributed by atoms with Crippen LogP contribution in [0.1, 0.15) is 40.0 Å².